The van der Waals surface area contributed by atoms with Crippen molar-refractivity contribution in [2.75, 3.05) is 6.54 Å². The predicted octanol–water partition coefficient (Wildman–Crippen LogP) is 3.29. The molecule has 13 heavy (non-hydrogen) atoms. The summed E-state index contributed by atoms with van der Waals surface area (Å²) in [6.45, 7) is 11.9. The van der Waals surface area contributed by atoms with E-state index in [2.05, 4.69) is 52.1 Å². The monoisotopic (exact) mass is 181 g/mol. The highest BCUT2D eigenvalue weighted by Crippen LogP contribution is 2.09. The minimum Gasteiger partial charge on any atom is -0.311 e. The molecule has 0 saturated heterocycles. The van der Waals surface area contributed by atoms with Gasteiger partial charge in [-0.25, -0.2) is 0 Å². The zero-order valence-corrected chi connectivity index (χ0v) is 9.65. The fourth-order valence-corrected chi connectivity index (χ4v) is 1.29. The Labute approximate surface area is 82.9 Å². The number of likely N-dealkylation sites (N-methyl/N-ethyl adjacent to an activating group) is 1. The Bertz CT molecular complexity index is 185. The van der Waals surface area contributed by atoms with E-state index in [9.17, 15) is 0 Å². The normalized spacial score (nSPS) is 13.3. The molecule has 1 N–H and O–H groups in total. The third-order valence-electron chi connectivity index (χ3n) is 2.14. The number of hydrogen-bond donors (Lipinski definition) is 1. The van der Waals surface area contributed by atoms with Gasteiger partial charge in [-0.3, -0.25) is 0 Å². The van der Waals surface area contributed by atoms with Gasteiger partial charge in [-0.05, 0) is 39.3 Å². The maximum Gasteiger partial charge on any atom is 0.0224 e. The Morgan fingerprint density at radius 3 is 2.31 bits per heavy atom. The van der Waals surface area contributed by atoms with Gasteiger partial charge >= 0.3 is 0 Å². The Balaban J connectivity index is 4.16. The van der Waals surface area contributed by atoms with E-state index < -0.39 is 0 Å². The molecule has 0 heterocycles. The van der Waals surface area contributed by atoms with Gasteiger partial charge in [0, 0.05) is 6.04 Å². The summed E-state index contributed by atoms with van der Waals surface area (Å²) >= 11 is 0. The third-order valence-corrected chi connectivity index (χ3v) is 2.14. The van der Waals surface area contributed by atoms with Crippen molar-refractivity contribution < 1.29 is 0 Å². The minimum atomic E-state index is 0.478. The average molecular weight is 181 g/mol. The molecule has 1 unspecified atom stereocenters. The van der Waals surface area contributed by atoms with Gasteiger partial charge < -0.3 is 5.32 Å². The molecule has 0 aromatic carbocycles. The summed E-state index contributed by atoms with van der Waals surface area (Å²) in [7, 11) is 0. The Kier molecular flexibility index (Phi) is 6.61. The lowest BCUT2D eigenvalue weighted by Gasteiger charge is -2.07. The van der Waals surface area contributed by atoms with E-state index in [0.29, 0.717) is 6.04 Å². The lowest BCUT2D eigenvalue weighted by Crippen LogP contribution is -2.23. The van der Waals surface area contributed by atoms with Crippen molar-refractivity contribution in [2.24, 2.45) is 0 Å². The molecule has 0 aromatic rings. The molecule has 76 valence electrons. The number of rotatable bonds is 5. The fraction of sp³-hybridized carbons (Fsp3) is 0.667. The van der Waals surface area contributed by atoms with Crippen molar-refractivity contribution in [2.45, 2.75) is 47.1 Å². The van der Waals surface area contributed by atoms with Crippen molar-refractivity contribution >= 4 is 0 Å². The maximum atomic E-state index is 3.35. The van der Waals surface area contributed by atoms with E-state index in [1.165, 1.54) is 11.1 Å². The van der Waals surface area contributed by atoms with Gasteiger partial charge in [-0.1, -0.05) is 31.6 Å². The van der Waals surface area contributed by atoms with Crippen LogP contribution in [-0.2, 0) is 0 Å². The Morgan fingerprint density at radius 1 is 1.31 bits per heavy atom. The first-order valence-corrected chi connectivity index (χ1v) is 5.19. The molecule has 0 saturated carbocycles. The fourth-order valence-electron chi connectivity index (χ4n) is 1.29. The van der Waals surface area contributed by atoms with Crippen LogP contribution in [-0.4, -0.2) is 12.6 Å². The Hall–Kier alpha value is -0.560. The van der Waals surface area contributed by atoms with Crippen molar-refractivity contribution in [1.82, 2.24) is 5.32 Å². The van der Waals surface area contributed by atoms with E-state index in [-0.39, 0.29) is 0 Å². The van der Waals surface area contributed by atoms with Gasteiger partial charge in [0.15, 0.2) is 0 Å². The van der Waals surface area contributed by atoms with Crippen LogP contribution in [0.5, 0.6) is 0 Å². The molecule has 0 bridgehead atoms. The van der Waals surface area contributed by atoms with E-state index in [1.54, 1.807) is 0 Å². The average Bonchev–Trinajstić information content (AvgIpc) is 2.05. The summed E-state index contributed by atoms with van der Waals surface area (Å²) in [4.78, 5) is 0. The molecule has 1 heteroatoms. The smallest absolute Gasteiger partial charge is 0.0224 e. The summed E-state index contributed by atoms with van der Waals surface area (Å²) in [5.41, 5.74) is 2.87. The predicted molar refractivity (Wildman–Crippen MR) is 60.9 cm³/mol. The van der Waals surface area contributed by atoms with Gasteiger partial charge in [0.05, 0.1) is 0 Å². The van der Waals surface area contributed by atoms with Crippen LogP contribution in [0.4, 0.5) is 0 Å². The summed E-state index contributed by atoms with van der Waals surface area (Å²) < 4.78 is 0. The van der Waals surface area contributed by atoms with Gasteiger partial charge in [-0.2, -0.15) is 0 Å². The van der Waals surface area contributed by atoms with Crippen LogP contribution in [0.15, 0.2) is 23.3 Å². The van der Waals surface area contributed by atoms with Crippen molar-refractivity contribution in [1.29, 1.82) is 0 Å². The highest BCUT2D eigenvalue weighted by Gasteiger charge is 1.94. The van der Waals surface area contributed by atoms with Crippen LogP contribution in [0, 0.1) is 0 Å². The van der Waals surface area contributed by atoms with E-state index in [0.717, 1.165) is 13.0 Å². The summed E-state index contributed by atoms with van der Waals surface area (Å²) in [5, 5.41) is 3.35. The third kappa shape index (κ3) is 5.64. The van der Waals surface area contributed by atoms with Crippen molar-refractivity contribution in [3.63, 3.8) is 0 Å². The molecule has 0 aromatic heterocycles. The lowest BCUT2D eigenvalue weighted by atomic mass is 10.1. The van der Waals surface area contributed by atoms with Gasteiger partial charge in [-0.15, -0.1) is 0 Å². The topological polar surface area (TPSA) is 12.0 Å². The molecule has 0 rings (SSSR count). The van der Waals surface area contributed by atoms with Gasteiger partial charge in [0.2, 0.25) is 0 Å². The van der Waals surface area contributed by atoms with Crippen LogP contribution < -0.4 is 5.32 Å². The molecule has 0 amide bonds. The first kappa shape index (κ1) is 12.4. The number of hydrogen-bond acceptors (Lipinski definition) is 1. The first-order chi connectivity index (χ1) is 6.11. The Morgan fingerprint density at radius 2 is 1.92 bits per heavy atom. The first-order valence-electron chi connectivity index (χ1n) is 5.19. The quantitative estimate of drug-likeness (QED) is 0.642. The molecule has 0 fully saturated rings. The highest BCUT2D eigenvalue weighted by atomic mass is 14.9. The van der Waals surface area contributed by atoms with Gasteiger partial charge in [0.25, 0.3) is 0 Å². The molecule has 0 aliphatic heterocycles. The number of nitrogens with one attached hydrogen (secondary N) is 1. The minimum absolute atomic E-state index is 0.478. The van der Waals surface area contributed by atoms with Crippen LogP contribution in [0.25, 0.3) is 0 Å². The van der Waals surface area contributed by atoms with Crippen LogP contribution >= 0.6 is 0 Å². The SMILES string of the molecule is CCNC(C)/C=C\C(CC)=C(C)C. The molecule has 0 radical (unpaired) electrons. The highest BCUT2D eigenvalue weighted by molar-refractivity contribution is 5.23. The molecule has 0 aliphatic carbocycles. The van der Waals surface area contributed by atoms with Gasteiger partial charge in [0.1, 0.15) is 0 Å². The number of allylic oxidation sites excluding steroid dienone is 3. The zero-order valence-electron chi connectivity index (χ0n) is 9.65. The van der Waals surface area contributed by atoms with E-state index in [1.807, 2.05) is 0 Å². The summed E-state index contributed by atoms with van der Waals surface area (Å²) in [6, 6.07) is 0.478. The van der Waals surface area contributed by atoms with E-state index >= 15 is 0 Å². The second-order valence-corrected chi connectivity index (χ2v) is 3.58. The molecule has 0 aliphatic rings. The maximum absolute atomic E-state index is 3.35. The zero-order chi connectivity index (χ0) is 10.3. The summed E-state index contributed by atoms with van der Waals surface area (Å²) in [5.74, 6) is 0. The lowest BCUT2D eigenvalue weighted by molar-refractivity contribution is 0.660. The van der Waals surface area contributed by atoms with Crippen LogP contribution in [0.3, 0.4) is 0 Å². The molecule has 0 spiro atoms. The van der Waals surface area contributed by atoms with Crippen molar-refractivity contribution in [3.05, 3.63) is 23.3 Å². The molecule has 1 nitrogen and oxygen atoms in total. The molecule has 1 atom stereocenters. The van der Waals surface area contributed by atoms with Crippen LogP contribution in [0.2, 0.25) is 0 Å². The summed E-state index contributed by atoms with van der Waals surface area (Å²) in [6.07, 6.45) is 5.59. The standard InChI is InChI=1S/C12H23N/c1-6-12(10(3)4)9-8-11(5)13-7-2/h8-9,11,13H,6-7H2,1-5H3/b9-8-. The second-order valence-electron chi connectivity index (χ2n) is 3.58. The molecular formula is C12H23N. The second kappa shape index (κ2) is 6.90. The van der Waals surface area contributed by atoms with Crippen molar-refractivity contribution in [3.8, 4) is 0 Å². The van der Waals surface area contributed by atoms with E-state index in [4.69, 9.17) is 0 Å². The van der Waals surface area contributed by atoms with Crippen LogP contribution in [0.1, 0.15) is 41.0 Å². The largest absolute Gasteiger partial charge is 0.311 e. The molecular weight excluding hydrogens is 158 g/mol.